The Morgan fingerprint density at radius 2 is 2.39 bits per heavy atom. The lowest BCUT2D eigenvalue weighted by Crippen LogP contribution is -2.21. The van der Waals surface area contributed by atoms with Gasteiger partial charge in [0.15, 0.2) is 0 Å². The van der Waals surface area contributed by atoms with Crippen LogP contribution in [0.25, 0.3) is 0 Å². The quantitative estimate of drug-likeness (QED) is 0.836. The van der Waals surface area contributed by atoms with Crippen LogP contribution in [0.3, 0.4) is 0 Å². The van der Waals surface area contributed by atoms with Crippen molar-refractivity contribution in [3.63, 3.8) is 0 Å². The molecule has 0 bridgehead atoms. The topological polar surface area (TPSA) is 74.0 Å². The average molecular weight is 280 g/mol. The molecule has 0 amide bonds. The monoisotopic (exact) mass is 280 g/mol. The molecule has 18 heavy (non-hydrogen) atoms. The zero-order valence-corrected chi connectivity index (χ0v) is 11.4. The molecule has 0 saturated carbocycles. The van der Waals surface area contributed by atoms with Gasteiger partial charge >= 0.3 is 5.97 Å². The van der Waals surface area contributed by atoms with Gasteiger partial charge in [-0.15, -0.1) is 0 Å². The summed E-state index contributed by atoms with van der Waals surface area (Å²) in [6.07, 6.45) is 1.82. The zero-order valence-electron chi connectivity index (χ0n) is 9.79. The van der Waals surface area contributed by atoms with Gasteiger partial charge in [0, 0.05) is 12.6 Å². The number of thiocarbonyl (C=S) groups is 1. The van der Waals surface area contributed by atoms with Crippen molar-refractivity contribution in [2.24, 2.45) is 0 Å². The summed E-state index contributed by atoms with van der Waals surface area (Å²) < 4.78 is -0.336. The molecule has 0 aromatic carbocycles. The van der Waals surface area contributed by atoms with Crippen molar-refractivity contribution in [2.45, 2.75) is 24.5 Å². The molecule has 6 heteroatoms. The number of nitriles is 1. The second-order valence-electron chi connectivity index (χ2n) is 3.84. The Bertz CT molecular complexity index is 485. The van der Waals surface area contributed by atoms with E-state index in [9.17, 15) is 4.79 Å². The second kappa shape index (κ2) is 6.47. The van der Waals surface area contributed by atoms with Gasteiger partial charge in [0.1, 0.15) is 4.75 Å². The smallest absolute Gasteiger partial charge is 0.303 e. The minimum atomic E-state index is -0.916. The molecule has 4 nitrogen and oxygen atoms in total. The molecule has 1 unspecified atom stereocenters. The minimum absolute atomic E-state index is 0.0537. The Labute approximate surface area is 115 Å². The van der Waals surface area contributed by atoms with Crippen LogP contribution in [0.2, 0.25) is 0 Å². The van der Waals surface area contributed by atoms with Crippen LogP contribution in [0.15, 0.2) is 24.4 Å². The van der Waals surface area contributed by atoms with Gasteiger partial charge in [-0.25, -0.2) is 0 Å². The zero-order chi connectivity index (χ0) is 13.6. The maximum Gasteiger partial charge on any atom is 0.303 e. The van der Waals surface area contributed by atoms with Gasteiger partial charge in [0.05, 0.1) is 16.0 Å². The summed E-state index contributed by atoms with van der Waals surface area (Å²) in [6.45, 7) is 1.69. The first-order valence-electron chi connectivity index (χ1n) is 5.24. The lowest BCUT2D eigenvalue weighted by Gasteiger charge is -2.19. The van der Waals surface area contributed by atoms with Crippen LogP contribution in [0.5, 0.6) is 0 Å². The predicted molar refractivity (Wildman–Crippen MR) is 74.4 cm³/mol. The Hall–Kier alpha value is -1.45. The van der Waals surface area contributed by atoms with E-state index in [2.05, 4.69) is 11.1 Å². The largest absolute Gasteiger partial charge is 0.481 e. The Morgan fingerprint density at radius 1 is 1.67 bits per heavy atom. The molecule has 1 rings (SSSR count). The van der Waals surface area contributed by atoms with E-state index in [1.807, 2.05) is 6.07 Å². The fourth-order valence-corrected chi connectivity index (χ4v) is 2.77. The van der Waals surface area contributed by atoms with Crippen LogP contribution < -0.4 is 0 Å². The van der Waals surface area contributed by atoms with Crippen molar-refractivity contribution in [3.05, 3.63) is 30.1 Å². The van der Waals surface area contributed by atoms with Gasteiger partial charge in [0.2, 0.25) is 0 Å². The molecule has 1 N–H and O–H groups in total. The lowest BCUT2D eigenvalue weighted by atomic mass is 10.1. The fourth-order valence-electron chi connectivity index (χ4n) is 1.22. The third kappa shape index (κ3) is 4.43. The van der Waals surface area contributed by atoms with Crippen molar-refractivity contribution in [3.8, 4) is 6.07 Å². The molecule has 0 radical (unpaired) electrons. The van der Waals surface area contributed by atoms with Gasteiger partial charge in [-0.2, -0.15) is 5.26 Å². The number of rotatable bonds is 5. The molecule has 0 aliphatic rings. The maximum atomic E-state index is 10.6. The van der Waals surface area contributed by atoms with Gasteiger partial charge in [0.25, 0.3) is 0 Å². The average Bonchev–Trinajstić information content (AvgIpc) is 2.37. The molecule has 94 valence electrons. The number of aliphatic carboxylic acids is 1. The van der Waals surface area contributed by atoms with E-state index in [1.165, 1.54) is 11.8 Å². The van der Waals surface area contributed by atoms with Crippen molar-refractivity contribution in [1.29, 1.82) is 5.26 Å². The summed E-state index contributed by atoms with van der Waals surface area (Å²) in [6, 6.07) is 7.49. The summed E-state index contributed by atoms with van der Waals surface area (Å²) >= 11 is 6.40. The number of thioether (sulfide) groups is 1. The van der Waals surface area contributed by atoms with Crippen molar-refractivity contribution < 1.29 is 9.90 Å². The number of nitrogens with zero attached hydrogens (tertiary/aromatic N) is 2. The van der Waals surface area contributed by atoms with Crippen molar-refractivity contribution in [1.82, 2.24) is 4.98 Å². The third-order valence-corrected chi connectivity index (χ3v) is 3.84. The lowest BCUT2D eigenvalue weighted by molar-refractivity contribution is -0.137. The van der Waals surface area contributed by atoms with E-state index in [4.69, 9.17) is 22.6 Å². The number of pyridine rings is 1. The van der Waals surface area contributed by atoms with Gasteiger partial charge in [-0.05, 0) is 25.5 Å². The summed E-state index contributed by atoms with van der Waals surface area (Å²) in [5.41, 5.74) is 0.634. The maximum absolute atomic E-state index is 10.6. The highest BCUT2D eigenvalue weighted by Gasteiger charge is 2.28. The van der Waals surface area contributed by atoms with Crippen LogP contribution in [-0.2, 0) is 4.79 Å². The molecule has 0 fully saturated rings. The van der Waals surface area contributed by atoms with E-state index in [1.54, 1.807) is 25.3 Å². The summed E-state index contributed by atoms with van der Waals surface area (Å²) in [5.74, 6) is -0.916. The van der Waals surface area contributed by atoms with Gasteiger partial charge in [-0.1, -0.05) is 30.0 Å². The van der Waals surface area contributed by atoms with Crippen LogP contribution in [0.1, 0.15) is 25.5 Å². The number of hydrogen-bond acceptors (Lipinski definition) is 5. The molecule has 0 saturated heterocycles. The first-order chi connectivity index (χ1) is 8.47. The number of carboxylic acid groups (broad SMARTS) is 1. The molecule has 1 aromatic heterocycles. The Morgan fingerprint density at radius 3 is 2.89 bits per heavy atom. The van der Waals surface area contributed by atoms with E-state index >= 15 is 0 Å². The molecule has 1 heterocycles. The van der Waals surface area contributed by atoms with E-state index in [0.29, 0.717) is 9.89 Å². The molecule has 0 aliphatic carbocycles. The highest BCUT2D eigenvalue weighted by molar-refractivity contribution is 8.24. The van der Waals surface area contributed by atoms with Crippen LogP contribution >= 0.6 is 24.0 Å². The Kier molecular flexibility index (Phi) is 5.25. The highest BCUT2D eigenvalue weighted by Crippen LogP contribution is 2.32. The number of carbonyl (C=O) groups is 1. The number of hydrogen-bond donors (Lipinski definition) is 1. The summed E-state index contributed by atoms with van der Waals surface area (Å²) in [4.78, 5) is 14.7. The molecular weight excluding hydrogens is 268 g/mol. The highest BCUT2D eigenvalue weighted by atomic mass is 32.2. The summed E-state index contributed by atoms with van der Waals surface area (Å²) in [5, 5.41) is 17.8. The van der Waals surface area contributed by atoms with Crippen molar-refractivity contribution in [2.75, 3.05) is 0 Å². The SMILES string of the molecule is CC(C#N)(CCC(=O)O)SC(=S)c1ccccn1. The molecule has 0 aliphatic heterocycles. The molecule has 1 atom stereocenters. The Balaban J connectivity index is 2.72. The minimum Gasteiger partial charge on any atom is -0.481 e. The third-order valence-electron chi connectivity index (χ3n) is 2.24. The van der Waals surface area contributed by atoms with Crippen LogP contribution in [0.4, 0.5) is 0 Å². The fraction of sp³-hybridized carbons (Fsp3) is 0.333. The summed E-state index contributed by atoms with van der Waals surface area (Å²) in [7, 11) is 0. The molecule has 1 aromatic rings. The van der Waals surface area contributed by atoms with Crippen LogP contribution in [0, 0.1) is 11.3 Å². The van der Waals surface area contributed by atoms with Crippen molar-refractivity contribution >= 4 is 34.1 Å². The van der Waals surface area contributed by atoms with E-state index < -0.39 is 10.7 Å². The normalized spacial score (nSPS) is 13.3. The number of aromatic nitrogens is 1. The second-order valence-corrected chi connectivity index (χ2v) is 6.02. The van der Waals surface area contributed by atoms with Crippen LogP contribution in [-0.4, -0.2) is 25.0 Å². The standard InChI is InChI=1S/C12H12N2O2S2/c1-12(8-13,6-5-10(15)16)18-11(17)9-4-2-3-7-14-9/h2-4,7H,5-6H2,1H3,(H,15,16). The first-order valence-corrected chi connectivity index (χ1v) is 6.47. The van der Waals surface area contributed by atoms with Gasteiger partial charge in [-0.3, -0.25) is 9.78 Å². The molecule has 0 spiro atoms. The number of carboxylic acids is 1. The molecular formula is C12H12N2O2S2. The van der Waals surface area contributed by atoms with E-state index in [-0.39, 0.29) is 12.8 Å². The van der Waals surface area contributed by atoms with Gasteiger partial charge < -0.3 is 5.11 Å². The predicted octanol–water partition coefficient (Wildman–Crippen LogP) is 2.64. The van der Waals surface area contributed by atoms with E-state index in [0.717, 1.165) is 0 Å². The first kappa shape index (κ1) is 14.6.